The molecule has 1 unspecified atom stereocenters. The van der Waals surface area contributed by atoms with Gasteiger partial charge in [-0.3, -0.25) is 0 Å². The third-order valence-electron chi connectivity index (χ3n) is 3.08. The molecule has 0 aliphatic heterocycles. The SMILES string of the molecule is CCC(C)CN(CC)S(=O)(=O)c1ccc(N)cc1. The predicted octanol–water partition coefficient (Wildman–Crippen LogP) is 2.33. The van der Waals surface area contributed by atoms with E-state index in [2.05, 4.69) is 13.8 Å². The zero-order valence-corrected chi connectivity index (χ0v) is 12.1. The van der Waals surface area contributed by atoms with Crippen molar-refractivity contribution < 1.29 is 8.42 Å². The summed E-state index contributed by atoms with van der Waals surface area (Å²) in [5, 5.41) is 0. The first-order valence-electron chi connectivity index (χ1n) is 6.27. The molecule has 0 aromatic heterocycles. The van der Waals surface area contributed by atoms with Gasteiger partial charge in [-0.15, -0.1) is 0 Å². The van der Waals surface area contributed by atoms with Crippen LogP contribution in [-0.4, -0.2) is 25.8 Å². The number of rotatable bonds is 6. The van der Waals surface area contributed by atoms with E-state index in [0.717, 1.165) is 6.42 Å². The fourth-order valence-electron chi connectivity index (χ4n) is 1.66. The number of benzene rings is 1. The molecule has 102 valence electrons. The first-order chi connectivity index (χ1) is 8.41. The van der Waals surface area contributed by atoms with E-state index in [9.17, 15) is 8.42 Å². The minimum Gasteiger partial charge on any atom is -0.399 e. The van der Waals surface area contributed by atoms with Crippen LogP contribution in [0.3, 0.4) is 0 Å². The molecule has 1 aromatic carbocycles. The van der Waals surface area contributed by atoms with Gasteiger partial charge in [0.1, 0.15) is 0 Å². The molecule has 1 rings (SSSR count). The van der Waals surface area contributed by atoms with Gasteiger partial charge >= 0.3 is 0 Å². The van der Waals surface area contributed by atoms with Crippen LogP contribution in [-0.2, 0) is 10.0 Å². The summed E-state index contributed by atoms with van der Waals surface area (Å²) in [5.41, 5.74) is 6.14. The van der Waals surface area contributed by atoms with E-state index in [0.29, 0.717) is 29.6 Å². The Morgan fingerprint density at radius 2 is 1.78 bits per heavy atom. The molecule has 1 atom stereocenters. The first kappa shape index (κ1) is 15.0. The number of nitrogens with zero attached hydrogens (tertiary/aromatic N) is 1. The molecule has 4 nitrogen and oxygen atoms in total. The quantitative estimate of drug-likeness (QED) is 0.807. The molecule has 0 aliphatic rings. The minimum atomic E-state index is -3.40. The van der Waals surface area contributed by atoms with Crippen LogP contribution in [0.5, 0.6) is 0 Å². The van der Waals surface area contributed by atoms with Crippen molar-refractivity contribution in [2.24, 2.45) is 5.92 Å². The minimum absolute atomic E-state index is 0.307. The lowest BCUT2D eigenvalue weighted by Gasteiger charge is -2.23. The summed E-state index contributed by atoms with van der Waals surface area (Å²) < 4.78 is 26.3. The average molecular weight is 270 g/mol. The van der Waals surface area contributed by atoms with Gasteiger partial charge in [0.05, 0.1) is 4.90 Å². The van der Waals surface area contributed by atoms with Crippen LogP contribution >= 0.6 is 0 Å². The maximum Gasteiger partial charge on any atom is 0.243 e. The number of hydrogen-bond donors (Lipinski definition) is 1. The second-order valence-corrected chi connectivity index (χ2v) is 6.48. The van der Waals surface area contributed by atoms with Crippen molar-refractivity contribution in [3.05, 3.63) is 24.3 Å². The third kappa shape index (κ3) is 3.46. The highest BCUT2D eigenvalue weighted by Crippen LogP contribution is 2.18. The molecule has 18 heavy (non-hydrogen) atoms. The molecule has 0 amide bonds. The highest BCUT2D eigenvalue weighted by atomic mass is 32.2. The van der Waals surface area contributed by atoms with Gasteiger partial charge in [0, 0.05) is 18.8 Å². The maximum absolute atomic E-state index is 12.4. The molecule has 0 saturated carbocycles. The van der Waals surface area contributed by atoms with E-state index in [-0.39, 0.29) is 0 Å². The van der Waals surface area contributed by atoms with Gasteiger partial charge < -0.3 is 5.73 Å². The molecule has 0 heterocycles. The number of nitrogen functional groups attached to an aromatic ring is 1. The zero-order valence-electron chi connectivity index (χ0n) is 11.3. The molecule has 0 spiro atoms. The summed E-state index contributed by atoms with van der Waals surface area (Å²) in [5.74, 6) is 0.355. The Bertz CT molecular complexity index is 468. The smallest absolute Gasteiger partial charge is 0.243 e. The Balaban J connectivity index is 2.99. The van der Waals surface area contributed by atoms with Crippen LogP contribution in [0, 0.1) is 5.92 Å². The highest BCUT2D eigenvalue weighted by molar-refractivity contribution is 7.89. The second-order valence-electron chi connectivity index (χ2n) is 4.54. The largest absolute Gasteiger partial charge is 0.399 e. The van der Waals surface area contributed by atoms with Crippen molar-refractivity contribution in [1.82, 2.24) is 4.31 Å². The fourth-order valence-corrected chi connectivity index (χ4v) is 3.23. The molecule has 0 aliphatic carbocycles. The molecule has 0 fully saturated rings. The molecule has 0 radical (unpaired) electrons. The lowest BCUT2D eigenvalue weighted by Crippen LogP contribution is -2.34. The average Bonchev–Trinajstić information content (AvgIpc) is 2.35. The van der Waals surface area contributed by atoms with Crippen LogP contribution in [0.2, 0.25) is 0 Å². The zero-order chi connectivity index (χ0) is 13.8. The van der Waals surface area contributed by atoms with E-state index in [4.69, 9.17) is 5.73 Å². The number of anilines is 1. The Morgan fingerprint density at radius 3 is 2.22 bits per heavy atom. The van der Waals surface area contributed by atoms with E-state index in [1.54, 1.807) is 24.3 Å². The van der Waals surface area contributed by atoms with Gasteiger partial charge in [0.25, 0.3) is 0 Å². The number of hydrogen-bond acceptors (Lipinski definition) is 3. The Labute approximate surface area is 110 Å². The van der Waals surface area contributed by atoms with Crippen molar-refractivity contribution in [2.75, 3.05) is 18.8 Å². The highest BCUT2D eigenvalue weighted by Gasteiger charge is 2.23. The molecule has 0 bridgehead atoms. The Kier molecular flexibility index (Phi) is 5.16. The van der Waals surface area contributed by atoms with Gasteiger partial charge in [-0.2, -0.15) is 4.31 Å². The standard InChI is InChI=1S/C13H22N2O2S/c1-4-11(3)10-15(5-2)18(16,17)13-8-6-12(14)7-9-13/h6-9,11H,4-5,10,14H2,1-3H3. The summed E-state index contributed by atoms with van der Waals surface area (Å²) in [7, 11) is -3.40. The van der Waals surface area contributed by atoms with Crippen molar-refractivity contribution >= 4 is 15.7 Å². The summed E-state index contributed by atoms with van der Waals surface area (Å²) in [6.07, 6.45) is 0.966. The van der Waals surface area contributed by atoms with Crippen LogP contribution in [0.1, 0.15) is 27.2 Å². The molecular formula is C13H22N2O2S. The molecule has 5 heteroatoms. The normalized spacial score (nSPS) is 13.8. The monoisotopic (exact) mass is 270 g/mol. The van der Waals surface area contributed by atoms with Crippen LogP contribution in [0.4, 0.5) is 5.69 Å². The summed E-state index contributed by atoms with van der Waals surface area (Å²) in [6.45, 7) is 7.02. The number of nitrogens with two attached hydrogens (primary N) is 1. The maximum atomic E-state index is 12.4. The molecule has 1 aromatic rings. The van der Waals surface area contributed by atoms with E-state index < -0.39 is 10.0 Å². The first-order valence-corrected chi connectivity index (χ1v) is 7.71. The number of sulfonamides is 1. The van der Waals surface area contributed by atoms with Crippen molar-refractivity contribution in [3.63, 3.8) is 0 Å². The molecule has 2 N–H and O–H groups in total. The third-order valence-corrected chi connectivity index (χ3v) is 5.04. The van der Waals surface area contributed by atoms with E-state index in [1.165, 1.54) is 4.31 Å². The van der Waals surface area contributed by atoms with Gasteiger partial charge in [-0.05, 0) is 30.2 Å². The van der Waals surface area contributed by atoms with Crippen LogP contribution in [0.25, 0.3) is 0 Å². The lowest BCUT2D eigenvalue weighted by molar-refractivity contribution is 0.361. The van der Waals surface area contributed by atoms with Gasteiger partial charge in [-0.1, -0.05) is 27.2 Å². The predicted molar refractivity (Wildman–Crippen MR) is 74.7 cm³/mol. The van der Waals surface area contributed by atoms with E-state index in [1.807, 2.05) is 6.92 Å². The molecule has 0 saturated heterocycles. The van der Waals surface area contributed by atoms with Crippen LogP contribution in [0.15, 0.2) is 29.2 Å². The summed E-state index contributed by atoms with van der Waals surface area (Å²) >= 11 is 0. The Hall–Kier alpha value is -1.07. The summed E-state index contributed by atoms with van der Waals surface area (Å²) in [6, 6.07) is 6.35. The lowest BCUT2D eigenvalue weighted by atomic mass is 10.1. The summed E-state index contributed by atoms with van der Waals surface area (Å²) in [4.78, 5) is 0.307. The van der Waals surface area contributed by atoms with Gasteiger partial charge in [0.2, 0.25) is 10.0 Å². The van der Waals surface area contributed by atoms with E-state index >= 15 is 0 Å². The Morgan fingerprint density at radius 1 is 1.22 bits per heavy atom. The van der Waals surface area contributed by atoms with Crippen molar-refractivity contribution in [1.29, 1.82) is 0 Å². The van der Waals surface area contributed by atoms with Crippen LogP contribution < -0.4 is 5.73 Å². The second kappa shape index (κ2) is 6.20. The van der Waals surface area contributed by atoms with Crippen molar-refractivity contribution in [2.45, 2.75) is 32.1 Å². The van der Waals surface area contributed by atoms with Gasteiger partial charge in [-0.25, -0.2) is 8.42 Å². The fraction of sp³-hybridized carbons (Fsp3) is 0.538. The van der Waals surface area contributed by atoms with Crippen molar-refractivity contribution in [3.8, 4) is 0 Å². The molecular weight excluding hydrogens is 248 g/mol. The van der Waals surface area contributed by atoms with Gasteiger partial charge in [0.15, 0.2) is 0 Å². The topological polar surface area (TPSA) is 63.4 Å².